The van der Waals surface area contributed by atoms with Crippen LogP contribution in [0.4, 0.5) is 0 Å². The van der Waals surface area contributed by atoms with Crippen molar-refractivity contribution in [3.05, 3.63) is 0 Å². The third-order valence-corrected chi connectivity index (χ3v) is 2.32. The van der Waals surface area contributed by atoms with Crippen LogP contribution in [0.1, 0.15) is 13.8 Å². The van der Waals surface area contributed by atoms with Gasteiger partial charge in [-0.25, -0.2) is 4.79 Å². The molecule has 1 aliphatic rings. The Morgan fingerprint density at radius 2 is 2.19 bits per heavy atom. The van der Waals surface area contributed by atoms with Gasteiger partial charge >= 0.3 is 5.97 Å². The van der Waals surface area contributed by atoms with Crippen molar-refractivity contribution in [2.45, 2.75) is 26.1 Å². The molecule has 6 nitrogen and oxygen atoms in total. The summed E-state index contributed by atoms with van der Waals surface area (Å²) in [6.45, 7) is 4.51. The Hall–Kier alpha value is -1.14. The number of carboxylic acid groups (broad SMARTS) is 1. The van der Waals surface area contributed by atoms with Gasteiger partial charge in [0.05, 0.1) is 12.6 Å². The molecule has 0 aliphatic carbocycles. The maximum absolute atomic E-state index is 11.6. The zero-order chi connectivity index (χ0) is 12.1. The molecule has 0 aromatic carbocycles. The summed E-state index contributed by atoms with van der Waals surface area (Å²) in [7, 11) is 0. The normalized spacial score (nSPS) is 25.5. The summed E-state index contributed by atoms with van der Waals surface area (Å²) in [4.78, 5) is 23.9. The first kappa shape index (κ1) is 12.9. The molecular weight excluding hydrogens is 214 g/mol. The Kier molecular flexibility index (Phi) is 4.70. The van der Waals surface area contributed by atoms with E-state index < -0.39 is 12.1 Å². The number of aliphatic carboxylic acids is 1. The van der Waals surface area contributed by atoms with E-state index in [-0.39, 0.29) is 25.2 Å². The Bertz CT molecular complexity index is 268. The van der Waals surface area contributed by atoms with Crippen LogP contribution in [0, 0.1) is 0 Å². The molecule has 1 heterocycles. The first-order valence-electron chi connectivity index (χ1n) is 5.28. The lowest BCUT2D eigenvalue weighted by atomic mass is 10.2. The maximum Gasteiger partial charge on any atom is 0.334 e. The number of hydrogen-bond acceptors (Lipinski definition) is 4. The van der Waals surface area contributed by atoms with Gasteiger partial charge in [0.15, 0.2) is 6.10 Å². The fraction of sp³-hybridized carbons (Fsp3) is 0.800. The van der Waals surface area contributed by atoms with Crippen molar-refractivity contribution in [2.75, 3.05) is 26.3 Å². The van der Waals surface area contributed by atoms with Gasteiger partial charge in [-0.2, -0.15) is 0 Å². The summed E-state index contributed by atoms with van der Waals surface area (Å²) >= 11 is 0. The number of carbonyl (C=O) groups excluding carboxylic acids is 1. The highest BCUT2D eigenvalue weighted by Gasteiger charge is 2.32. The highest BCUT2D eigenvalue weighted by molar-refractivity contribution is 5.79. The summed E-state index contributed by atoms with van der Waals surface area (Å²) in [6.07, 6.45) is -1.20. The zero-order valence-electron chi connectivity index (χ0n) is 9.51. The Morgan fingerprint density at radius 1 is 1.50 bits per heavy atom. The minimum Gasteiger partial charge on any atom is -0.479 e. The van der Waals surface area contributed by atoms with Gasteiger partial charge in [0, 0.05) is 13.2 Å². The SMILES string of the molecule is CCOCC(=O)N1CC(C(=O)O)O[C@H](C)C1. The highest BCUT2D eigenvalue weighted by Crippen LogP contribution is 2.11. The van der Waals surface area contributed by atoms with Crippen molar-refractivity contribution in [2.24, 2.45) is 0 Å². The van der Waals surface area contributed by atoms with Crippen LogP contribution in [0.5, 0.6) is 0 Å². The van der Waals surface area contributed by atoms with E-state index in [1.165, 1.54) is 4.90 Å². The van der Waals surface area contributed by atoms with Crippen LogP contribution < -0.4 is 0 Å². The molecule has 1 unspecified atom stereocenters. The number of nitrogens with zero attached hydrogens (tertiary/aromatic N) is 1. The largest absolute Gasteiger partial charge is 0.479 e. The molecule has 0 radical (unpaired) electrons. The molecule has 2 atom stereocenters. The van der Waals surface area contributed by atoms with Crippen LogP contribution in [0.25, 0.3) is 0 Å². The van der Waals surface area contributed by atoms with E-state index in [2.05, 4.69) is 0 Å². The number of hydrogen-bond donors (Lipinski definition) is 1. The summed E-state index contributed by atoms with van der Waals surface area (Å²) in [5, 5.41) is 8.84. The highest BCUT2D eigenvalue weighted by atomic mass is 16.5. The van der Waals surface area contributed by atoms with E-state index in [0.29, 0.717) is 13.2 Å². The van der Waals surface area contributed by atoms with E-state index in [9.17, 15) is 9.59 Å². The van der Waals surface area contributed by atoms with Gasteiger partial charge in [-0.15, -0.1) is 0 Å². The Morgan fingerprint density at radius 3 is 2.75 bits per heavy atom. The third-order valence-electron chi connectivity index (χ3n) is 2.32. The van der Waals surface area contributed by atoms with E-state index in [1.807, 2.05) is 0 Å². The molecule has 0 aromatic rings. The van der Waals surface area contributed by atoms with Gasteiger partial charge in [0.2, 0.25) is 5.91 Å². The number of carboxylic acids is 1. The molecule has 1 N–H and O–H groups in total. The number of rotatable bonds is 4. The van der Waals surface area contributed by atoms with E-state index >= 15 is 0 Å². The van der Waals surface area contributed by atoms with E-state index in [1.54, 1.807) is 13.8 Å². The molecule has 1 aliphatic heterocycles. The topological polar surface area (TPSA) is 76.1 Å². The van der Waals surface area contributed by atoms with Gasteiger partial charge in [0.1, 0.15) is 6.61 Å². The molecule has 92 valence electrons. The van der Waals surface area contributed by atoms with Crippen molar-refractivity contribution in [3.8, 4) is 0 Å². The summed E-state index contributed by atoms with van der Waals surface area (Å²) in [5.74, 6) is -1.23. The van der Waals surface area contributed by atoms with Crippen LogP contribution in [-0.4, -0.2) is 60.4 Å². The van der Waals surface area contributed by atoms with Crippen molar-refractivity contribution in [1.29, 1.82) is 0 Å². The van der Waals surface area contributed by atoms with Crippen LogP contribution in [-0.2, 0) is 19.1 Å². The van der Waals surface area contributed by atoms with Gasteiger partial charge in [0.25, 0.3) is 0 Å². The number of ether oxygens (including phenoxy) is 2. The molecule has 6 heteroatoms. The molecule has 0 saturated carbocycles. The lowest BCUT2D eigenvalue weighted by Crippen LogP contribution is -2.52. The van der Waals surface area contributed by atoms with Crippen molar-refractivity contribution >= 4 is 11.9 Å². The van der Waals surface area contributed by atoms with E-state index in [4.69, 9.17) is 14.6 Å². The summed E-state index contributed by atoms with van der Waals surface area (Å²) < 4.78 is 10.2. The Labute approximate surface area is 94.1 Å². The number of morpholine rings is 1. The average Bonchev–Trinajstić information content (AvgIpc) is 2.24. The summed E-state index contributed by atoms with van der Waals surface area (Å²) in [5.41, 5.74) is 0. The molecule has 1 amide bonds. The second-order valence-corrected chi connectivity index (χ2v) is 3.71. The molecule has 1 saturated heterocycles. The first-order chi connectivity index (χ1) is 7.54. The molecule has 0 aromatic heterocycles. The van der Waals surface area contributed by atoms with Crippen LogP contribution in [0.2, 0.25) is 0 Å². The van der Waals surface area contributed by atoms with Gasteiger partial charge in [-0.1, -0.05) is 0 Å². The van der Waals surface area contributed by atoms with Crippen molar-refractivity contribution < 1.29 is 24.2 Å². The first-order valence-corrected chi connectivity index (χ1v) is 5.28. The molecule has 1 fully saturated rings. The molecule has 16 heavy (non-hydrogen) atoms. The monoisotopic (exact) mass is 231 g/mol. The minimum atomic E-state index is -1.04. The van der Waals surface area contributed by atoms with Crippen molar-refractivity contribution in [3.63, 3.8) is 0 Å². The van der Waals surface area contributed by atoms with Gasteiger partial charge in [-0.3, -0.25) is 4.79 Å². The van der Waals surface area contributed by atoms with Crippen LogP contribution >= 0.6 is 0 Å². The predicted octanol–water partition coefficient (Wildman–Crippen LogP) is -0.277. The van der Waals surface area contributed by atoms with Crippen molar-refractivity contribution in [1.82, 2.24) is 4.90 Å². The van der Waals surface area contributed by atoms with E-state index in [0.717, 1.165) is 0 Å². The fourth-order valence-corrected chi connectivity index (χ4v) is 1.57. The van der Waals surface area contributed by atoms with Gasteiger partial charge in [-0.05, 0) is 13.8 Å². The Balaban J connectivity index is 2.53. The maximum atomic E-state index is 11.6. The van der Waals surface area contributed by atoms with Crippen LogP contribution in [0.3, 0.4) is 0 Å². The summed E-state index contributed by atoms with van der Waals surface area (Å²) in [6, 6.07) is 0. The second-order valence-electron chi connectivity index (χ2n) is 3.71. The number of amides is 1. The molecule has 0 spiro atoms. The predicted molar refractivity (Wildman–Crippen MR) is 55.0 cm³/mol. The minimum absolute atomic E-state index is 0.00441. The quantitative estimate of drug-likeness (QED) is 0.720. The molecule has 1 rings (SSSR count). The molecular formula is C10H17NO5. The smallest absolute Gasteiger partial charge is 0.334 e. The van der Waals surface area contributed by atoms with Crippen LogP contribution in [0.15, 0.2) is 0 Å². The number of carbonyl (C=O) groups is 2. The standard InChI is InChI=1S/C10H17NO5/c1-3-15-6-9(12)11-4-7(2)16-8(5-11)10(13)14/h7-8H,3-6H2,1-2H3,(H,13,14)/t7-,8?/m1/s1. The third kappa shape index (κ3) is 3.46. The lowest BCUT2D eigenvalue weighted by molar-refractivity contribution is -0.167. The zero-order valence-corrected chi connectivity index (χ0v) is 9.51. The van der Waals surface area contributed by atoms with Gasteiger partial charge < -0.3 is 19.5 Å². The average molecular weight is 231 g/mol. The second kappa shape index (κ2) is 5.81. The molecule has 0 bridgehead atoms. The lowest BCUT2D eigenvalue weighted by Gasteiger charge is -2.34. The fourth-order valence-electron chi connectivity index (χ4n) is 1.57.